The minimum atomic E-state index is -0.116. The molecule has 1 aliphatic heterocycles. The molecule has 1 aromatic rings. The average Bonchev–Trinajstić information content (AvgIpc) is 2.93. The van der Waals surface area contributed by atoms with Crippen molar-refractivity contribution in [3.05, 3.63) is 36.5 Å². The van der Waals surface area contributed by atoms with E-state index in [-0.39, 0.29) is 12.1 Å². The van der Waals surface area contributed by atoms with E-state index in [2.05, 4.69) is 16.9 Å². The summed E-state index contributed by atoms with van der Waals surface area (Å²) in [4.78, 5) is 17.5. The molecule has 1 fully saturated rings. The highest BCUT2D eigenvalue weighted by atomic mass is 16.5. The van der Waals surface area contributed by atoms with Gasteiger partial charge in [-0.2, -0.15) is 5.26 Å². The van der Waals surface area contributed by atoms with Gasteiger partial charge in [0.2, 0.25) is 5.88 Å². The molecule has 0 spiro atoms. The number of nitrogens with zero attached hydrogens (tertiary/aromatic N) is 3. The molecule has 0 aromatic carbocycles. The Balaban J connectivity index is 1.88. The zero-order chi connectivity index (χ0) is 14.4. The molecule has 2 rings (SSSR count). The minimum absolute atomic E-state index is 0.0917. The van der Waals surface area contributed by atoms with Gasteiger partial charge >= 0.3 is 6.03 Å². The van der Waals surface area contributed by atoms with Gasteiger partial charge in [-0.25, -0.2) is 9.78 Å². The van der Waals surface area contributed by atoms with E-state index in [1.165, 1.54) is 6.20 Å². The molecule has 6 nitrogen and oxygen atoms in total. The lowest BCUT2D eigenvalue weighted by molar-refractivity contribution is 0.184. The number of carbonyl (C=O) groups excluding carboxylic acids is 1. The lowest BCUT2D eigenvalue weighted by atomic mass is 10.3. The lowest BCUT2D eigenvalue weighted by Crippen LogP contribution is -2.39. The molecular formula is C14H16N4O2. The first kappa shape index (κ1) is 13.9. The summed E-state index contributed by atoms with van der Waals surface area (Å²) in [6, 6.07) is 5.14. The van der Waals surface area contributed by atoms with Crippen LogP contribution in [0.5, 0.6) is 5.88 Å². The summed E-state index contributed by atoms with van der Waals surface area (Å²) in [5, 5.41) is 11.5. The number of rotatable bonds is 4. The van der Waals surface area contributed by atoms with Crippen LogP contribution >= 0.6 is 0 Å². The fourth-order valence-corrected chi connectivity index (χ4v) is 1.99. The molecule has 0 aliphatic carbocycles. The Bertz CT molecular complexity index is 538. The number of urea groups is 1. The van der Waals surface area contributed by atoms with Gasteiger partial charge in [-0.3, -0.25) is 0 Å². The molecule has 0 radical (unpaired) electrons. The molecule has 20 heavy (non-hydrogen) atoms. The number of carbonyl (C=O) groups is 1. The van der Waals surface area contributed by atoms with E-state index >= 15 is 0 Å². The smallest absolute Gasteiger partial charge is 0.317 e. The summed E-state index contributed by atoms with van der Waals surface area (Å²) in [6.45, 7) is 5.16. The van der Waals surface area contributed by atoms with Crippen LogP contribution in [0.15, 0.2) is 31.0 Å². The van der Waals surface area contributed by atoms with Crippen molar-refractivity contribution in [3.8, 4) is 11.9 Å². The van der Waals surface area contributed by atoms with E-state index in [9.17, 15) is 4.79 Å². The first-order valence-corrected chi connectivity index (χ1v) is 6.39. The molecule has 1 aliphatic rings. The maximum absolute atomic E-state index is 11.8. The van der Waals surface area contributed by atoms with E-state index in [0.717, 1.165) is 6.42 Å². The Hall–Kier alpha value is -2.55. The van der Waals surface area contributed by atoms with Gasteiger partial charge < -0.3 is 15.0 Å². The topological polar surface area (TPSA) is 78.3 Å². The van der Waals surface area contributed by atoms with Crippen molar-refractivity contribution in [2.24, 2.45) is 0 Å². The van der Waals surface area contributed by atoms with Crippen molar-refractivity contribution in [1.82, 2.24) is 15.2 Å². The summed E-state index contributed by atoms with van der Waals surface area (Å²) < 4.78 is 5.70. The predicted octanol–water partition coefficient (Wildman–Crippen LogP) is 1.30. The standard InChI is InChI=1S/C14H16N4O2/c1-2-5-17-14(19)18-7-4-12(10-18)20-13-8-11(9-15)3-6-16-13/h2-3,6,8,12H,1,4-5,7,10H2,(H,17,19). The fraction of sp³-hybridized carbons (Fsp3) is 0.357. The van der Waals surface area contributed by atoms with Crippen LogP contribution in [0, 0.1) is 11.3 Å². The number of nitriles is 1. The first-order chi connectivity index (χ1) is 9.72. The minimum Gasteiger partial charge on any atom is -0.472 e. The van der Waals surface area contributed by atoms with Crippen molar-refractivity contribution in [2.75, 3.05) is 19.6 Å². The highest BCUT2D eigenvalue weighted by molar-refractivity contribution is 5.74. The lowest BCUT2D eigenvalue weighted by Gasteiger charge is -2.17. The van der Waals surface area contributed by atoms with Crippen molar-refractivity contribution < 1.29 is 9.53 Å². The molecule has 1 N–H and O–H groups in total. The Kier molecular flexibility index (Phi) is 4.56. The molecule has 1 atom stereocenters. The third kappa shape index (κ3) is 3.48. The van der Waals surface area contributed by atoms with E-state index in [1.807, 2.05) is 6.07 Å². The van der Waals surface area contributed by atoms with Crippen molar-refractivity contribution in [3.63, 3.8) is 0 Å². The Morgan fingerprint density at radius 3 is 3.35 bits per heavy atom. The summed E-state index contributed by atoms with van der Waals surface area (Å²) in [5.74, 6) is 0.419. The number of nitrogens with one attached hydrogen (secondary N) is 1. The zero-order valence-electron chi connectivity index (χ0n) is 11.1. The van der Waals surface area contributed by atoms with Crippen LogP contribution in [0.4, 0.5) is 4.79 Å². The maximum atomic E-state index is 11.8. The number of likely N-dealkylation sites (tertiary alicyclic amines) is 1. The number of amides is 2. The molecule has 0 bridgehead atoms. The van der Waals surface area contributed by atoms with Crippen molar-refractivity contribution in [1.29, 1.82) is 5.26 Å². The second kappa shape index (κ2) is 6.57. The highest BCUT2D eigenvalue weighted by Crippen LogP contribution is 2.17. The zero-order valence-corrected chi connectivity index (χ0v) is 11.1. The average molecular weight is 272 g/mol. The molecule has 0 saturated carbocycles. The van der Waals surface area contributed by atoms with Crippen LogP contribution in [0.25, 0.3) is 0 Å². The monoisotopic (exact) mass is 272 g/mol. The molecule has 1 unspecified atom stereocenters. The molecule has 2 amide bonds. The van der Waals surface area contributed by atoms with Gasteiger partial charge in [0.1, 0.15) is 6.10 Å². The third-order valence-electron chi connectivity index (χ3n) is 2.98. The summed E-state index contributed by atoms with van der Waals surface area (Å²) in [5.41, 5.74) is 0.508. The van der Waals surface area contributed by atoms with Crippen LogP contribution < -0.4 is 10.1 Å². The third-order valence-corrected chi connectivity index (χ3v) is 2.98. The van der Waals surface area contributed by atoms with Gasteiger partial charge in [0.25, 0.3) is 0 Å². The molecule has 6 heteroatoms. The number of hydrogen-bond donors (Lipinski definition) is 1. The number of hydrogen-bond acceptors (Lipinski definition) is 4. The summed E-state index contributed by atoms with van der Waals surface area (Å²) in [6.07, 6.45) is 3.84. The van der Waals surface area contributed by atoms with Crippen LogP contribution in [-0.4, -0.2) is 41.7 Å². The SMILES string of the molecule is C=CCNC(=O)N1CCC(Oc2cc(C#N)ccn2)C1. The van der Waals surface area contributed by atoms with Crippen LogP contribution in [-0.2, 0) is 0 Å². The van der Waals surface area contributed by atoms with Crippen molar-refractivity contribution >= 4 is 6.03 Å². The van der Waals surface area contributed by atoms with E-state index < -0.39 is 0 Å². The molecule has 1 saturated heterocycles. The number of aromatic nitrogens is 1. The molecule has 1 aromatic heterocycles. The van der Waals surface area contributed by atoms with Gasteiger partial charge in [-0.1, -0.05) is 6.08 Å². The van der Waals surface area contributed by atoms with Crippen LogP contribution in [0.3, 0.4) is 0 Å². The fourth-order valence-electron chi connectivity index (χ4n) is 1.99. The molecule has 104 valence electrons. The van der Waals surface area contributed by atoms with Gasteiger partial charge in [-0.05, 0) is 6.07 Å². The summed E-state index contributed by atoms with van der Waals surface area (Å²) in [7, 11) is 0. The Labute approximate surface area is 117 Å². The Morgan fingerprint density at radius 2 is 2.60 bits per heavy atom. The maximum Gasteiger partial charge on any atom is 0.317 e. The van der Waals surface area contributed by atoms with Crippen molar-refractivity contribution in [2.45, 2.75) is 12.5 Å². The van der Waals surface area contributed by atoms with Crippen LogP contribution in [0.2, 0.25) is 0 Å². The van der Waals surface area contributed by atoms with Gasteiger partial charge in [0.15, 0.2) is 0 Å². The van der Waals surface area contributed by atoms with E-state index in [1.54, 1.807) is 23.1 Å². The Morgan fingerprint density at radius 1 is 1.75 bits per heavy atom. The van der Waals surface area contributed by atoms with Gasteiger partial charge in [-0.15, -0.1) is 6.58 Å². The molecular weight excluding hydrogens is 256 g/mol. The number of ether oxygens (including phenoxy) is 1. The van der Waals surface area contributed by atoms with Crippen LogP contribution in [0.1, 0.15) is 12.0 Å². The second-order valence-corrected chi connectivity index (χ2v) is 4.44. The van der Waals surface area contributed by atoms with E-state index in [4.69, 9.17) is 10.00 Å². The predicted molar refractivity (Wildman–Crippen MR) is 73.2 cm³/mol. The van der Waals surface area contributed by atoms with Gasteiger partial charge in [0, 0.05) is 31.8 Å². The highest BCUT2D eigenvalue weighted by Gasteiger charge is 2.27. The van der Waals surface area contributed by atoms with Gasteiger partial charge in [0.05, 0.1) is 18.2 Å². The molecule has 2 heterocycles. The first-order valence-electron chi connectivity index (χ1n) is 6.39. The quantitative estimate of drug-likeness (QED) is 0.838. The normalized spacial score (nSPS) is 17.4. The summed E-state index contributed by atoms with van der Waals surface area (Å²) >= 11 is 0. The number of pyridine rings is 1. The largest absolute Gasteiger partial charge is 0.472 e. The second-order valence-electron chi connectivity index (χ2n) is 4.44. The van der Waals surface area contributed by atoms with E-state index in [0.29, 0.717) is 31.1 Å².